The van der Waals surface area contributed by atoms with Crippen LogP contribution in [0.4, 0.5) is 4.79 Å². The molecule has 5 heteroatoms. The molecule has 5 rings (SSSR count). The van der Waals surface area contributed by atoms with E-state index in [2.05, 4.69) is 40.7 Å². The Kier molecular flexibility index (Phi) is 8.03. The Morgan fingerprint density at radius 1 is 0.974 bits per heavy atom. The highest BCUT2D eigenvalue weighted by Crippen LogP contribution is 2.67. The first-order valence-electron chi connectivity index (χ1n) is 16.2. The van der Waals surface area contributed by atoms with E-state index < -0.39 is 17.4 Å². The van der Waals surface area contributed by atoms with Crippen LogP contribution in [0.2, 0.25) is 0 Å². The Labute approximate surface area is 238 Å². The van der Waals surface area contributed by atoms with E-state index >= 15 is 0 Å². The van der Waals surface area contributed by atoms with Crippen LogP contribution >= 0.6 is 0 Å². The first-order valence-corrected chi connectivity index (χ1v) is 16.2. The smallest absolute Gasteiger partial charge is 0.431 e. The van der Waals surface area contributed by atoms with Gasteiger partial charge in [-0.2, -0.15) is 0 Å². The van der Waals surface area contributed by atoms with Crippen molar-refractivity contribution in [2.24, 2.45) is 46.3 Å². The van der Waals surface area contributed by atoms with E-state index in [9.17, 15) is 4.79 Å². The van der Waals surface area contributed by atoms with Crippen molar-refractivity contribution < 1.29 is 24.0 Å². The van der Waals surface area contributed by atoms with Gasteiger partial charge in [0.05, 0.1) is 0 Å². The largest absolute Gasteiger partial charge is 0.508 e. The highest BCUT2D eigenvalue weighted by molar-refractivity contribution is 5.60. The normalized spacial score (nSPS) is 43.4. The van der Waals surface area contributed by atoms with Crippen LogP contribution in [0.3, 0.4) is 0 Å². The minimum absolute atomic E-state index is 0.0934. The number of hydrogen-bond donors (Lipinski definition) is 0. The van der Waals surface area contributed by atoms with Crippen LogP contribution in [-0.2, 0) is 19.2 Å². The lowest BCUT2D eigenvalue weighted by Gasteiger charge is -2.58. The molecule has 4 aliphatic carbocycles. The molecule has 0 bridgehead atoms. The van der Waals surface area contributed by atoms with Gasteiger partial charge in [-0.1, -0.05) is 65.5 Å². The fourth-order valence-electron chi connectivity index (χ4n) is 9.67. The highest BCUT2D eigenvalue weighted by Gasteiger charge is 2.59. The summed E-state index contributed by atoms with van der Waals surface area (Å²) in [6.07, 6.45) is 15.8. The molecule has 5 nitrogen and oxygen atoms in total. The second kappa shape index (κ2) is 10.6. The number of ether oxygens (including phenoxy) is 2. The van der Waals surface area contributed by atoms with Crippen molar-refractivity contribution in [3.63, 3.8) is 0 Å². The minimum atomic E-state index is -0.640. The maximum absolute atomic E-state index is 12.6. The second-order valence-electron chi connectivity index (χ2n) is 15.7. The van der Waals surface area contributed by atoms with Crippen LogP contribution in [0, 0.1) is 46.3 Å². The average Bonchev–Trinajstić information content (AvgIpc) is 3.24. The van der Waals surface area contributed by atoms with E-state index in [4.69, 9.17) is 19.2 Å². The van der Waals surface area contributed by atoms with E-state index in [1.807, 2.05) is 20.8 Å². The number of hydrogen-bond acceptors (Lipinski definition) is 5. The Bertz CT molecular complexity index is 940. The third-order valence-corrected chi connectivity index (χ3v) is 12.7. The predicted molar refractivity (Wildman–Crippen MR) is 154 cm³/mol. The minimum Gasteiger partial charge on any atom is -0.431 e. The van der Waals surface area contributed by atoms with Crippen LogP contribution in [0.25, 0.3) is 0 Å². The zero-order valence-electron chi connectivity index (χ0n) is 26.1. The van der Waals surface area contributed by atoms with E-state index in [-0.39, 0.29) is 18.1 Å². The van der Waals surface area contributed by atoms with Crippen LogP contribution in [0.15, 0.2) is 11.6 Å². The Morgan fingerprint density at radius 3 is 2.41 bits per heavy atom. The predicted octanol–water partition coefficient (Wildman–Crippen LogP) is 9.05. The van der Waals surface area contributed by atoms with Crippen LogP contribution in [0.1, 0.15) is 126 Å². The van der Waals surface area contributed by atoms with Gasteiger partial charge in [-0.05, 0) is 112 Å². The van der Waals surface area contributed by atoms with Crippen molar-refractivity contribution in [3.05, 3.63) is 11.6 Å². The number of carbonyl (C=O) groups is 1. The van der Waals surface area contributed by atoms with Gasteiger partial charge in [0.1, 0.15) is 18.3 Å². The highest BCUT2D eigenvalue weighted by atomic mass is 17.3. The quantitative estimate of drug-likeness (QED) is 0.173. The van der Waals surface area contributed by atoms with Gasteiger partial charge >= 0.3 is 6.16 Å². The first kappa shape index (κ1) is 29.4. The lowest BCUT2D eigenvalue weighted by Crippen LogP contribution is -2.64. The Hall–Kier alpha value is -1.07. The van der Waals surface area contributed by atoms with Crippen molar-refractivity contribution in [2.75, 3.05) is 6.61 Å². The van der Waals surface area contributed by atoms with E-state index in [1.54, 1.807) is 0 Å². The number of allylic oxidation sites excluding steroid dienone is 1. The zero-order chi connectivity index (χ0) is 28.2. The standard InChI is InChI=1S/C34H56O5/c1-22(2)10-9-11-23(3)27-14-15-28-26-13-12-24-20-25(16-18-32(24,6)29(26)17-19-33(27,28)7)37-30(35)36-21-34(8)31(4,5)38-39-34/h12,22-23,25-29H,9-11,13-21H2,1-8H3/t23-,25+,26+,27-,28+,29+,32+,33-,34?/m1/s1. The molecule has 39 heavy (non-hydrogen) atoms. The third kappa shape index (κ3) is 5.22. The molecule has 3 saturated carbocycles. The Morgan fingerprint density at radius 2 is 1.74 bits per heavy atom. The molecule has 1 unspecified atom stereocenters. The molecule has 0 aromatic carbocycles. The molecule has 0 aromatic heterocycles. The summed E-state index contributed by atoms with van der Waals surface area (Å²) in [5.41, 5.74) is 1.19. The first-order chi connectivity index (χ1) is 18.3. The summed E-state index contributed by atoms with van der Waals surface area (Å²) < 4.78 is 11.3. The lowest BCUT2D eigenvalue weighted by molar-refractivity contribution is -0.543. The maximum atomic E-state index is 12.6. The summed E-state index contributed by atoms with van der Waals surface area (Å²) in [5.74, 6) is 5.04. The molecule has 1 heterocycles. The van der Waals surface area contributed by atoms with Gasteiger partial charge in [-0.15, -0.1) is 0 Å². The lowest BCUT2D eigenvalue weighted by atomic mass is 9.47. The maximum Gasteiger partial charge on any atom is 0.508 e. The molecule has 0 spiro atoms. The van der Waals surface area contributed by atoms with Crippen LogP contribution < -0.4 is 0 Å². The molecule has 0 aromatic rings. The topological polar surface area (TPSA) is 54.0 Å². The van der Waals surface area contributed by atoms with Crippen molar-refractivity contribution in [1.82, 2.24) is 0 Å². The molecule has 0 N–H and O–H groups in total. The van der Waals surface area contributed by atoms with Crippen LogP contribution in [-0.4, -0.2) is 30.1 Å². The summed E-state index contributed by atoms with van der Waals surface area (Å²) in [5, 5.41) is 0. The summed E-state index contributed by atoms with van der Waals surface area (Å²) in [6, 6.07) is 0. The summed E-state index contributed by atoms with van der Waals surface area (Å²) in [6.45, 7) is 18.4. The molecular formula is C34H56O5. The second-order valence-corrected chi connectivity index (χ2v) is 15.7. The number of rotatable bonds is 8. The zero-order valence-corrected chi connectivity index (χ0v) is 26.1. The summed E-state index contributed by atoms with van der Waals surface area (Å²) in [7, 11) is 0. The van der Waals surface area contributed by atoms with Crippen LogP contribution in [0.5, 0.6) is 0 Å². The Balaban J connectivity index is 1.18. The fourth-order valence-corrected chi connectivity index (χ4v) is 9.67. The molecule has 5 aliphatic rings. The third-order valence-electron chi connectivity index (χ3n) is 12.7. The molecular weight excluding hydrogens is 488 g/mol. The average molecular weight is 545 g/mol. The van der Waals surface area contributed by atoms with E-state index in [0.717, 1.165) is 54.8 Å². The number of fused-ring (bicyclic) bond motifs is 5. The SMILES string of the molecule is CC(C)CCC[C@@H](C)[C@H]1CC[C@H]2[C@@H]3CC=C4C[C@@H](OC(=O)OCC5(C)OOC5(C)C)CC[C@]4(C)[C@H]3CC[C@]12C. The van der Waals surface area contributed by atoms with Gasteiger partial charge < -0.3 is 9.47 Å². The molecule has 1 saturated heterocycles. The monoisotopic (exact) mass is 544 g/mol. The molecule has 9 atom stereocenters. The van der Waals surface area contributed by atoms with Gasteiger partial charge in [0.15, 0.2) is 5.60 Å². The molecule has 222 valence electrons. The van der Waals surface area contributed by atoms with Crippen molar-refractivity contribution >= 4 is 6.16 Å². The molecule has 4 fully saturated rings. The fraction of sp³-hybridized carbons (Fsp3) is 0.912. The summed E-state index contributed by atoms with van der Waals surface area (Å²) >= 11 is 0. The van der Waals surface area contributed by atoms with Crippen molar-refractivity contribution in [1.29, 1.82) is 0 Å². The summed E-state index contributed by atoms with van der Waals surface area (Å²) in [4.78, 5) is 23.0. The van der Waals surface area contributed by atoms with Crippen molar-refractivity contribution in [2.45, 2.75) is 143 Å². The molecule has 0 amide bonds. The molecule has 1 aliphatic heterocycles. The van der Waals surface area contributed by atoms with Gasteiger partial charge in [0, 0.05) is 6.42 Å². The van der Waals surface area contributed by atoms with E-state index in [0.29, 0.717) is 5.41 Å². The van der Waals surface area contributed by atoms with Gasteiger partial charge in [0.2, 0.25) is 0 Å². The van der Waals surface area contributed by atoms with E-state index in [1.165, 1.54) is 56.9 Å². The molecule has 0 radical (unpaired) electrons. The van der Waals surface area contributed by atoms with Gasteiger partial charge in [0.25, 0.3) is 0 Å². The van der Waals surface area contributed by atoms with Gasteiger partial charge in [-0.3, -0.25) is 0 Å². The number of carbonyl (C=O) groups excluding carboxylic acids is 1. The van der Waals surface area contributed by atoms with Gasteiger partial charge in [-0.25, -0.2) is 14.6 Å². The van der Waals surface area contributed by atoms with Crippen molar-refractivity contribution in [3.8, 4) is 0 Å².